The summed E-state index contributed by atoms with van der Waals surface area (Å²) >= 11 is 12.0. The molecule has 1 aliphatic heterocycles. The van der Waals surface area contributed by atoms with Crippen LogP contribution in [0.4, 0.5) is 0 Å². The van der Waals surface area contributed by atoms with Crippen LogP contribution in [0.25, 0.3) is 0 Å². The highest BCUT2D eigenvalue weighted by molar-refractivity contribution is 6.42. The van der Waals surface area contributed by atoms with Gasteiger partial charge in [0.15, 0.2) is 0 Å². The summed E-state index contributed by atoms with van der Waals surface area (Å²) in [5.74, 6) is 0.137. The third kappa shape index (κ3) is 3.96. The number of halogens is 2. The Morgan fingerprint density at radius 2 is 1.88 bits per heavy atom. The standard InChI is InChI=1S/C19H24Cl2N2O/c1-22(19(24)13-14-8-9-15(20)16(21)12-14)17-6-2-3-7-18(17)23-10-4-5-11-23/h2-3,8-9,12,17-18H,4-7,10-11,13H2,1H3. The van der Waals surface area contributed by atoms with Gasteiger partial charge in [-0.05, 0) is 56.5 Å². The molecule has 130 valence electrons. The van der Waals surface area contributed by atoms with E-state index in [0.717, 1.165) is 31.5 Å². The Morgan fingerprint density at radius 1 is 1.17 bits per heavy atom. The quantitative estimate of drug-likeness (QED) is 0.746. The third-order valence-corrected chi connectivity index (χ3v) is 5.94. The summed E-state index contributed by atoms with van der Waals surface area (Å²) in [4.78, 5) is 17.3. The smallest absolute Gasteiger partial charge is 0.227 e. The molecule has 0 N–H and O–H groups in total. The van der Waals surface area contributed by atoms with Gasteiger partial charge in [-0.2, -0.15) is 0 Å². The van der Waals surface area contributed by atoms with Gasteiger partial charge in [-0.1, -0.05) is 41.4 Å². The van der Waals surface area contributed by atoms with Crippen molar-refractivity contribution < 1.29 is 4.79 Å². The number of benzene rings is 1. The number of carbonyl (C=O) groups is 1. The average molecular weight is 367 g/mol. The predicted octanol–water partition coefficient (Wildman–Crippen LogP) is 4.18. The summed E-state index contributed by atoms with van der Waals surface area (Å²) in [5, 5.41) is 1.02. The van der Waals surface area contributed by atoms with E-state index in [9.17, 15) is 4.79 Å². The molecule has 1 amide bonds. The van der Waals surface area contributed by atoms with Crippen LogP contribution in [0.3, 0.4) is 0 Å². The molecule has 24 heavy (non-hydrogen) atoms. The van der Waals surface area contributed by atoms with Crippen molar-refractivity contribution in [3.63, 3.8) is 0 Å². The molecule has 2 aliphatic rings. The largest absolute Gasteiger partial charge is 0.341 e. The maximum atomic E-state index is 12.8. The molecular weight excluding hydrogens is 343 g/mol. The van der Waals surface area contributed by atoms with Crippen molar-refractivity contribution in [2.24, 2.45) is 0 Å². The van der Waals surface area contributed by atoms with Gasteiger partial charge < -0.3 is 4.90 Å². The highest BCUT2D eigenvalue weighted by Crippen LogP contribution is 2.27. The first kappa shape index (κ1) is 17.8. The lowest BCUT2D eigenvalue weighted by molar-refractivity contribution is -0.132. The molecule has 3 rings (SSSR count). The lowest BCUT2D eigenvalue weighted by Crippen LogP contribution is -2.52. The molecule has 1 aromatic carbocycles. The van der Waals surface area contributed by atoms with Crippen molar-refractivity contribution in [1.82, 2.24) is 9.80 Å². The summed E-state index contributed by atoms with van der Waals surface area (Å²) in [7, 11) is 1.94. The van der Waals surface area contributed by atoms with Crippen LogP contribution < -0.4 is 0 Å². The number of rotatable bonds is 4. The van der Waals surface area contributed by atoms with Gasteiger partial charge in [0.25, 0.3) is 0 Å². The molecule has 0 bridgehead atoms. The second-order valence-corrected chi connectivity index (χ2v) is 7.56. The minimum Gasteiger partial charge on any atom is -0.341 e. The topological polar surface area (TPSA) is 23.6 Å². The van der Waals surface area contributed by atoms with E-state index in [-0.39, 0.29) is 11.9 Å². The first-order chi connectivity index (χ1) is 11.6. The van der Waals surface area contributed by atoms with Gasteiger partial charge in [0.05, 0.1) is 22.5 Å². The van der Waals surface area contributed by atoms with E-state index in [0.29, 0.717) is 22.5 Å². The molecule has 1 fully saturated rings. The van der Waals surface area contributed by atoms with Crippen molar-refractivity contribution in [2.45, 2.75) is 44.2 Å². The zero-order valence-corrected chi connectivity index (χ0v) is 15.6. The Hall–Kier alpha value is -1.03. The molecule has 0 saturated carbocycles. The number of carbonyl (C=O) groups excluding carboxylic acids is 1. The Labute approximate surface area is 154 Å². The Morgan fingerprint density at radius 3 is 2.58 bits per heavy atom. The highest BCUT2D eigenvalue weighted by atomic mass is 35.5. The van der Waals surface area contributed by atoms with Crippen molar-refractivity contribution in [3.8, 4) is 0 Å². The van der Waals surface area contributed by atoms with Crippen LogP contribution in [0.2, 0.25) is 10.0 Å². The number of hydrogen-bond acceptors (Lipinski definition) is 2. The number of hydrogen-bond donors (Lipinski definition) is 0. The van der Waals surface area contributed by atoms with Crippen LogP contribution in [0.15, 0.2) is 30.4 Å². The summed E-state index contributed by atoms with van der Waals surface area (Å²) in [6.07, 6.45) is 9.35. The lowest BCUT2D eigenvalue weighted by Gasteiger charge is -2.40. The molecule has 1 saturated heterocycles. The second kappa shape index (κ2) is 7.90. The summed E-state index contributed by atoms with van der Waals surface area (Å²) in [6, 6.07) is 6.11. The molecule has 3 nitrogen and oxygen atoms in total. The fraction of sp³-hybridized carbons (Fsp3) is 0.526. The third-order valence-electron chi connectivity index (χ3n) is 5.21. The molecule has 1 aromatic rings. The van der Waals surface area contributed by atoms with Crippen molar-refractivity contribution in [3.05, 3.63) is 46.0 Å². The maximum absolute atomic E-state index is 12.8. The molecule has 0 aromatic heterocycles. The fourth-order valence-electron chi connectivity index (χ4n) is 3.80. The molecular formula is C19H24Cl2N2O. The van der Waals surface area contributed by atoms with Gasteiger partial charge in [0.2, 0.25) is 5.91 Å². The van der Waals surface area contributed by atoms with E-state index in [1.54, 1.807) is 12.1 Å². The van der Waals surface area contributed by atoms with E-state index < -0.39 is 0 Å². The summed E-state index contributed by atoms with van der Waals surface area (Å²) < 4.78 is 0. The normalized spacial score (nSPS) is 24.3. The van der Waals surface area contributed by atoms with Crippen LogP contribution >= 0.6 is 23.2 Å². The monoisotopic (exact) mass is 366 g/mol. The van der Waals surface area contributed by atoms with Crippen LogP contribution in [-0.2, 0) is 11.2 Å². The lowest BCUT2D eigenvalue weighted by atomic mass is 9.93. The number of likely N-dealkylation sites (N-methyl/N-ethyl adjacent to an activating group) is 1. The van der Waals surface area contributed by atoms with E-state index in [4.69, 9.17) is 23.2 Å². The first-order valence-corrected chi connectivity index (χ1v) is 9.40. The molecule has 2 unspecified atom stereocenters. The van der Waals surface area contributed by atoms with Crippen LogP contribution in [0.5, 0.6) is 0 Å². The van der Waals surface area contributed by atoms with Crippen LogP contribution in [0, 0.1) is 0 Å². The van der Waals surface area contributed by atoms with Crippen LogP contribution in [-0.4, -0.2) is 47.9 Å². The molecule has 0 radical (unpaired) electrons. The molecule has 1 aliphatic carbocycles. The Balaban J connectivity index is 1.68. The van der Waals surface area contributed by atoms with Crippen molar-refractivity contribution >= 4 is 29.1 Å². The van der Waals surface area contributed by atoms with Gasteiger partial charge in [0, 0.05) is 13.1 Å². The molecule has 0 spiro atoms. The van der Waals surface area contributed by atoms with Crippen molar-refractivity contribution in [1.29, 1.82) is 0 Å². The fourth-order valence-corrected chi connectivity index (χ4v) is 4.12. The number of likely N-dealkylation sites (tertiary alicyclic amines) is 1. The zero-order valence-electron chi connectivity index (χ0n) is 14.0. The maximum Gasteiger partial charge on any atom is 0.227 e. The second-order valence-electron chi connectivity index (χ2n) is 6.75. The van der Waals surface area contributed by atoms with Gasteiger partial charge in [-0.15, -0.1) is 0 Å². The van der Waals surface area contributed by atoms with Crippen molar-refractivity contribution in [2.75, 3.05) is 20.1 Å². The molecule has 1 heterocycles. The van der Waals surface area contributed by atoms with E-state index in [1.165, 1.54) is 12.8 Å². The Kier molecular flexibility index (Phi) is 5.85. The molecule has 5 heteroatoms. The minimum atomic E-state index is 0.137. The molecule has 2 atom stereocenters. The van der Waals surface area contributed by atoms with E-state index in [1.807, 2.05) is 18.0 Å². The van der Waals surface area contributed by atoms with Gasteiger partial charge in [0.1, 0.15) is 0 Å². The predicted molar refractivity (Wildman–Crippen MR) is 99.7 cm³/mol. The minimum absolute atomic E-state index is 0.137. The van der Waals surface area contributed by atoms with E-state index in [2.05, 4.69) is 17.1 Å². The van der Waals surface area contributed by atoms with Gasteiger partial charge >= 0.3 is 0 Å². The summed E-state index contributed by atoms with van der Waals surface area (Å²) in [5.41, 5.74) is 0.908. The average Bonchev–Trinajstić information content (AvgIpc) is 3.12. The Bertz CT molecular complexity index is 626. The first-order valence-electron chi connectivity index (χ1n) is 8.65. The van der Waals surface area contributed by atoms with Crippen LogP contribution in [0.1, 0.15) is 31.2 Å². The zero-order chi connectivity index (χ0) is 17.1. The van der Waals surface area contributed by atoms with Gasteiger partial charge in [-0.3, -0.25) is 9.69 Å². The number of amides is 1. The van der Waals surface area contributed by atoms with Gasteiger partial charge in [-0.25, -0.2) is 0 Å². The number of nitrogens with zero attached hydrogens (tertiary/aromatic N) is 2. The van der Waals surface area contributed by atoms with E-state index >= 15 is 0 Å². The SMILES string of the molecule is CN(C(=O)Cc1ccc(Cl)c(Cl)c1)C1CC=CCC1N1CCCC1. The summed E-state index contributed by atoms with van der Waals surface area (Å²) in [6.45, 7) is 2.31. The highest BCUT2D eigenvalue weighted by Gasteiger charge is 2.33.